The minimum atomic E-state index is -0.484. The van der Waals surface area contributed by atoms with Crippen LogP contribution in [0, 0.1) is 36.5 Å². The zero-order valence-electron chi connectivity index (χ0n) is 8.42. The van der Waals surface area contributed by atoms with Gasteiger partial charge in [-0.25, -0.2) is 0 Å². The number of anilines is 1. The molecular formula is C10H9N3O2. The van der Waals surface area contributed by atoms with Gasteiger partial charge in [0.25, 0.3) is 0 Å². The summed E-state index contributed by atoms with van der Waals surface area (Å²) >= 11 is 0. The molecule has 1 aromatic rings. The van der Waals surface area contributed by atoms with Crippen LogP contribution in [0.3, 0.4) is 0 Å². The standard InChI is InChI=1S/C10H9N3O2/c1-6-7(2)15-10(8(6)5-12)13-9(14)3-4-11/h3H2,1-2H3,(H,13,14). The largest absolute Gasteiger partial charge is 0.444 e. The van der Waals surface area contributed by atoms with Crippen LogP contribution < -0.4 is 5.32 Å². The number of rotatable bonds is 2. The van der Waals surface area contributed by atoms with Crippen molar-refractivity contribution in [3.05, 3.63) is 16.9 Å². The quantitative estimate of drug-likeness (QED) is 0.790. The molecule has 0 bridgehead atoms. The summed E-state index contributed by atoms with van der Waals surface area (Å²) in [4.78, 5) is 11.1. The van der Waals surface area contributed by atoms with Crippen molar-refractivity contribution in [1.29, 1.82) is 10.5 Å². The maximum absolute atomic E-state index is 11.1. The van der Waals surface area contributed by atoms with Gasteiger partial charge >= 0.3 is 0 Å². The summed E-state index contributed by atoms with van der Waals surface area (Å²) in [6.07, 6.45) is -0.260. The molecule has 1 heterocycles. The molecule has 0 saturated carbocycles. The number of nitriles is 2. The van der Waals surface area contributed by atoms with Crippen molar-refractivity contribution in [1.82, 2.24) is 0 Å². The highest BCUT2D eigenvalue weighted by Gasteiger charge is 2.15. The Morgan fingerprint density at radius 3 is 2.67 bits per heavy atom. The molecule has 1 aromatic heterocycles. The third-order valence-corrected chi connectivity index (χ3v) is 1.99. The maximum Gasteiger partial charge on any atom is 0.240 e. The first-order chi connectivity index (χ1) is 7.10. The molecule has 76 valence electrons. The second-order valence-corrected chi connectivity index (χ2v) is 2.98. The smallest absolute Gasteiger partial charge is 0.240 e. The molecule has 0 aliphatic rings. The molecule has 5 heteroatoms. The van der Waals surface area contributed by atoms with E-state index in [0.717, 1.165) is 0 Å². The topological polar surface area (TPSA) is 89.8 Å². The highest BCUT2D eigenvalue weighted by Crippen LogP contribution is 2.25. The first kappa shape index (κ1) is 10.8. The van der Waals surface area contributed by atoms with E-state index in [9.17, 15) is 4.79 Å². The summed E-state index contributed by atoms with van der Waals surface area (Å²) in [7, 11) is 0. The van der Waals surface area contributed by atoms with Gasteiger partial charge in [0.05, 0.1) is 6.07 Å². The van der Waals surface area contributed by atoms with Gasteiger partial charge in [-0.05, 0) is 13.8 Å². The van der Waals surface area contributed by atoms with Crippen LogP contribution in [0.15, 0.2) is 4.42 Å². The number of aryl methyl sites for hydroxylation is 1. The predicted molar refractivity (Wildman–Crippen MR) is 51.8 cm³/mol. The molecule has 0 unspecified atom stereocenters. The Labute approximate surface area is 86.9 Å². The minimum absolute atomic E-state index is 0.118. The van der Waals surface area contributed by atoms with E-state index in [1.165, 1.54) is 0 Å². The number of hydrogen-bond acceptors (Lipinski definition) is 4. The lowest BCUT2D eigenvalue weighted by atomic mass is 10.2. The van der Waals surface area contributed by atoms with Crippen LogP contribution >= 0.6 is 0 Å². The van der Waals surface area contributed by atoms with Crippen LogP contribution in [-0.2, 0) is 4.79 Å². The summed E-state index contributed by atoms with van der Waals surface area (Å²) in [5.74, 6) is 0.217. The van der Waals surface area contributed by atoms with Crippen molar-refractivity contribution in [3.8, 4) is 12.1 Å². The SMILES string of the molecule is Cc1oc(NC(=O)CC#N)c(C#N)c1C. The van der Waals surface area contributed by atoms with Crippen LogP contribution in [-0.4, -0.2) is 5.91 Å². The normalized spacial score (nSPS) is 9.07. The van der Waals surface area contributed by atoms with Gasteiger partial charge in [0.2, 0.25) is 11.8 Å². The Bertz CT molecular complexity index is 474. The molecule has 0 aliphatic carbocycles. The molecule has 0 atom stereocenters. The minimum Gasteiger partial charge on any atom is -0.444 e. The Balaban J connectivity index is 2.97. The number of hydrogen-bond donors (Lipinski definition) is 1. The van der Waals surface area contributed by atoms with Gasteiger partial charge < -0.3 is 4.42 Å². The van der Waals surface area contributed by atoms with E-state index in [0.29, 0.717) is 16.9 Å². The van der Waals surface area contributed by atoms with Crippen LogP contribution in [0.1, 0.15) is 23.3 Å². The number of amides is 1. The Morgan fingerprint density at radius 1 is 1.47 bits per heavy atom. The third kappa shape index (κ3) is 2.15. The highest BCUT2D eigenvalue weighted by molar-refractivity contribution is 5.92. The molecule has 1 rings (SSSR count). The fraction of sp³-hybridized carbons (Fsp3) is 0.300. The van der Waals surface area contributed by atoms with Gasteiger partial charge in [0.1, 0.15) is 23.8 Å². The molecule has 0 fully saturated rings. The van der Waals surface area contributed by atoms with Gasteiger partial charge in [0, 0.05) is 5.56 Å². The summed E-state index contributed by atoms with van der Waals surface area (Å²) in [5, 5.41) is 19.5. The Hall–Kier alpha value is -2.27. The van der Waals surface area contributed by atoms with E-state index in [-0.39, 0.29) is 12.3 Å². The monoisotopic (exact) mass is 203 g/mol. The van der Waals surface area contributed by atoms with E-state index in [1.807, 2.05) is 6.07 Å². The fourth-order valence-electron chi connectivity index (χ4n) is 1.09. The first-order valence-corrected chi connectivity index (χ1v) is 4.27. The van der Waals surface area contributed by atoms with Gasteiger partial charge in [-0.15, -0.1) is 0 Å². The van der Waals surface area contributed by atoms with E-state index in [1.54, 1.807) is 19.9 Å². The van der Waals surface area contributed by atoms with E-state index in [2.05, 4.69) is 5.32 Å². The molecule has 0 radical (unpaired) electrons. The lowest BCUT2D eigenvalue weighted by Gasteiger charge is -1.97. The summed E-state index contributed by atoms with van der Waals surface area (Å²) < 4.78 is 5.19. The molecule has 5 nitrogen and oxygen atoms in total. The van der Waals surface area contributed by atoms with Crippen LogP contribution in [0.2, 0.25) is 0 Å². The number of nitrogens with one attached hydrogen (secondary N) is 1. The van der Waals surface area contributed by atoms with E-state index in [4.69, 9.17) is 14.9 Å². The zero-order valence-corrected chi connectivity index (χ0v) is 8.42. The van der Waals surface area contributed by atoms with Crippen LogP contribution in [0.25, 0.3) is 0 Å². The predicted octanol–water partition coefficient (Wildman–Crippen LogP) is 1.62. The molecule has 15 heavy (non-hydrogen) atoms. The lowest BCUT2D eigenvalue weighted by molar-refractivity contribution is -0.115. The van der Waals surface area contributed by atoms with Crippen LogP contribution in [0.4, 0.5) is 5.88 Å². The highest BCUT2D eigenvalue weighted by atomic mass is 16.4. The number of carbonyl (C=O) groups is 1. The molecule has 0 aromatic carbocycles. The summed E-state index contributed by atoms with van der Waals surface area (Å²) in [5.41, 5.74) is 1.00. The molecule has 0 aliphatic heterocycles. The van der Waals surface area contributed by atoms with Crippen molar-refractivity contribution >= 4 is 11.8 Å². The van der Waals surface area contributed by atoms with E-state index >= 15 is 0 Å². The number of furan rings is 1. The number of nitrogens with zero attached hydrogens (tertiary/aromatic N) is 2. The van der Waals surface area contributed by atoms with Crippen molar-refractivity contribution in [2.75, 3.05) is 5.32 Å². The molecule has 0 spiro atoms. The zero-order chi connectivity index (χ0) is 11.4. The molecule has 1 amide bonds. The van der Waals surface area contributed by atoms with Crippen LogP contribution in [0.5, 0.6) is 0 Å². The average Bonchev–Trinajstić information content (AvgIpc) is 2.42. The van der Waals surface area contributed by atoms with Crippen molar-refractivity contribution < 1.29 is 9.21 Å². The second kappa shape index (κ2) is 4.30. The van der Waals surface area contributed by atoms with Gasteiger partial charge in [-0.1, -0.05) is 0 Å². The fourth-order valence-corrected chi connectivity index (χ4v) is 1.09. The van der Waals surface area contributed by atoms with Crippen molar-refractivity contribution in [2.24, 2.45) is 0 Å². The lowest BCUT2D eigenvalue weighted by Crippen LogP contribution is -2.10. The molecular weight excluding hydrogens is 194 g/mol. The van der Waals surface area contributed by atoms with E-state index < -0.39 is 5.91 Å². The van der Waals surface area contributed by atoms with Gasteiger partial charge in [-0.2, -0.15) is 10.5 Å². The maximum atomic E-state index is 11.1. The summed E-state index contributed by atoms with van der Waals surface area (Å²) in [6, 6.07) is 3.65. The second-order valence-electron chi connectivity index (χ2n) is 2.98. The van der Waals surface area contributed by atoms with Gasteiger partial charge in [0.15, 0.2) is 0 Å². The average molecular weight is 203 g/mol. The van der Waals surface area contributed by atoms with Gasteiger partial charge in [-0.3, -0.25) is 10.1 Å². The summed E-state index contributed by atoms with van der Waals surface area (Å²) in [6.45, 7) is 3.44. The first-order valence-electron chi connectivity index (χ1n) is 4.27. The number of carbonyl (C=O) groups excluding carboxylic acids is 1. The third-order valence-electron chi connectivity index (χ3n) is 1.99. The molecule has 0 saturated heterocycles. The Kier molecular flexibility index (Phi) is 3.10. The molecule has 1 N–H and O–H groups in total. The van der Waals surface area contributed by atoms with Crippen molar-refractivity contribution in [2.45, 2.75) is 20.3 Å². The Morgan fingerprint density at radius 2 is 2.13 bits per heavy atom. The van der Waals surface area contributed by atoms with Crippen molar-refractivity contribution in [3.63, 3.8) is 0 Å².